The molecule has 0 saturated heterocycles. The predicted octanol–water partition coefficient (Wildman–Crippen LogP) is 2.89. The van der Waals surface area contributed by atoms with Crippen LogP contribution in [0.4, 0.5) is 5.69 Å². The van der Waals surface area contributed by atoms with Gasteiger partial charge >= 0.3 is 0 Å². The van der Waals surface area contributed by atoms with E-state index in [9.17, 15) is 4.79 Å². The Kier molecular flexibility index (Phi) is 4.99. The van der Waals surface area contributed by atoms with Gasteiger partial charge in [-0.25, -0.2) is 0 Å². The molecule has 0 aromatic heterocycles. The van der Waals surface area contributed by atoms with Gasteiger partial charge in [0, 0.05) is 5.69 Å². The van der Waals surface area contributed by atoms with Gasteiger partial charge in [0.15, 0.2) is 18.1 Å². The summed E-state index contributed by atoms with van der Waals surface area (Å²) in [6.07, 6.45) is 0. The number of anilines is 1. The smallest absolute Gasteiger partial charge is 0.262 e. The molecular weight excluding hydrogens is 280 g/mol. The lowest BCUT2D eigenvalue weighted by Gasteiger charge is -2.11. The van der Waals surface area contributed by atoms with Crippen LogP contribution in [0.15, 0.2) is 42.5 Å². The maximum absolute atomic E-state index is 11.9. The largest absolute Gasteiger partial charge is 0.493 e. The third-order valence-electron chi connectivity index (χ3n) is 2.98. The first kappa shape index (κ1) is 15.4. The standard InChI is InChI=1S/C17H16N2O3/c1-12-3-8-15(16(9-12)21-2)22-11-17(20)19-14-6-4-13(10-18)5-7-14/h3-9H,11H2,1-2H3,(H,19,20). The lowest BCUT2D eigenvalue weighted by Crippen LogP contribution is -2.20. The molecule has 0 aliphatic carbocycles. The minimum atomic E-state index is -0.285. The minimum Gasteiger partial charge on any atom is -0.493 e. The molecule has 5 heteroatoms. The van der Waals surface area contributed by atoms with E-state index in [1.54, 1.807) is 37.4 Å². The Hall–Kier alpha value is -3.00. The molecule has 0 aliphatic rings. The molecule has 2 rings (SSSR count). The van der Waals surface area contributed by atoms with Gasteiger partial charge in [-0.1, -0.05) is 6.07 Å². The molecule has 0 saturated carbocycles. The average molecular weight is 296 g/mol. The van der Waals surface area contributed by atoms with Gasteiger partial charge in [0.1, 0.15) is 0 Å². The van der Waals surface area contributed by atoms with Crippen molar-refractivity contribution in [3.63, 3.8) is 0 Å². The van der Waals surface area contributed by atoms with Crippen LogP contribution in [0.25, 0.3) is 0 Å². The summed E-state index contributed by atoms with van der Waals surface area (Å²) in [4.78, 5) is 11.9. The maximum Gasteiger partial charge on any atom is 0.262 e. The number of nitrogens with one attached hydrogen (secondary N) is 1. The summed E-state index contributed by atoms with van der Waals surface area (Å²) in [6, 6.07) is 14.1. The number of methoxy groups -OCH3 is 1. The number of ether oxygens (including phenoxy) is 2. The normalized spacial score (nSPS) is 9.68. The Morgan fingerprint density at radius 1 is 1.18 bits per heavy atom. The molecule has 0 heterocycles. The number of rotatable bonds is 5. The number of amides is 1. The minimum absolute atomic E-state index is 0.126. The lowest BCUT2D eigenvalue weighted by molar-refractivity contribution is -0.118. The summed E-state index contributed by atoms with van der Waals surface area (Å²) in [5.74, 6) is 0.821. The van der Waals surface area contributed by atoms with Crippen LogP contribution in [0.5, 0.6) is 11.5 Å². The molecule has 0 bridgehead atoms. The second-order valence-electron chi connectivity index (χ2n) is 4.68. The van der Waals surface area contributed by atoms with Crippen LogP contribution in [0.2, 0.25) is 0 Å². The fourth-order valence-corrected chi connectivity index (χ4v) is 1.86. The van der Waals surface area contributed by atoms with E-state index in [0.29, 0.717) is 22.7 Å². The van der Waals surface area contributed by atoms with Crippen LogP contribution >= 0.6 is 0 Å². The number of nitrogens with zero attached hydrogens (tertiary/aromatic N) is 1. The number of aryl methyl sites for hydroxylation is 1. The van der Waals surface area contributed by atoms with E-state index in [4.69, 9.17) is 14.7 Å². The number of carbonyl (C=O) groups excluding carboxylic acids is 1. The van der Waals surface area contributed by atoms with E-state index in [1.165, 1.54) is 0 Å². The van der Waals surface area contributed by atoms with E-state index < -0.39 is 0 Å². The van der Waals surface area contributed by atoms with Crippen molar-refractivity contribution in [2.24, 2.45) is 0 Å². The van der Waals surface area contributed by atoms with Gasteiger partial charge in [0.25, 0.3) is 5.91 Å². The third-order valence-corrected chi connectivity index (χ3v) is 2.98. The number of carbonyl (C=O) groups is 1. The van der Waals surface area contributed by atoms with Crippen molar-refractivity contribution in [3.05, 3.63) is 53.6 Å². The first-order chi connectivity index (χ1) is 10.6. The quantitative estimate of drug-likeness (QED) is 0.921. The monoisotopic (exact) mass is 296 g/mol. The summed E-state index contributed by atoms with van der Waals surface area (Å²) in [7, 11) is 1.55. The molecule has 0 spiro atoms. The molecule has 1 amide bonds. The van der Waals surface area contributed by atoms with Crippen LogP contribution in [-0.2, 0) is 4.79 Å². The van der Waals surface area contributed by atoms with Crippen molar-refractivity contribution < 1.29 is 14.3 Å². The summed E-state index contributed by atoms with van der Waals surface area (Å²) in [6.45, 7) is 1.82. The van der Waals surface area contributed by atoms with Crippen molar-refractivity contribution in [1.29, 1.82) is 5.26 Å². The zero-order valence-corrected chi connectivity index (χ0v) is 12.4. The molecule has 112 valence electrons. The summed E-state index contributed by atoms with van der Waals surface area (Å²) in [5.41, 5.74) is 2.20. The van der Waals surface area contributed by atoms with Crippen LogP contribution in [-0.4, -0.2) is 19.6 Å². The highest BCUT2D eigenvalue weighted by Crippen LogP contribution is 2.27. The topological polar surface area (TPSA) is 71.3 Å². The molecule has 5 nitrogen and oxygen atoms in total. The molecular formula is C17H16N2O3. The predicted molar refractivity (Wildman–Crippen MR) is 83.0 cm³/mol. The number of benzene rings is 2. The van der Waals surface area contributed by atoms with Crippen molar-refractivity contribution in [2.75, 3.05) is 19.0 Å². The van der Waals surface area contributed by atoms with Gasteiger partial charge in [-0.15, -0.1) is 0 Å². The Morgan fingerprint density at radius 2 is 1.91 bits per heavy atom. The van der Waals surface area contributed by atoms with Gasteiger partial charge in [0.2, 0.25) is 0 Å². The van der Waals surface area contributed by atoms with Crippen molar-refractivity contribution >= 4 is 11.6 Å². The molecule has 2 aromatic carbocycles. The van der Waals surface area contributed by atoms with Crippen LogP contribution in [0.3, 0.4) is 0 Å². The first-order valence-electron chi connectivity index (χ1n) is 6.70. The highest BCUT2D eigenvalue weighted by atomic mass is 16.5. The molecule has 0 atom stereocenters. The molecule has 22 heavy (non-hydrogen) atoms. The van der Waals surface area contributed by atoms with Crippen LogP contribution in [0.1, 0.15) is 11.1 Å². The fourth-order valence-electron chi connectivity index (χ4n) is 1.86. The van der Waals surface area contributed by atoms with E-state index in [1.807, 2.05) is 25.1 Å². The highest BCUT2D eigenvalue weighted by Gasteiger charge is 2.08. The Balaban J connectivity index is 1.94. The average Bonchev–Trinajstić information content (AvgIpc) is 2.54. The molecule has 2 aromatic rings. The Morgan fingerprint density at radius 3 is 2.55 bits per heavy atom. The highest BCUT2D eigenvalue weighted by molar-refractivity contribution is 5.91. The fraction of sp³-hybridized carbons (Fsp3) is 0.176. The Bertz CT molecular complexity index is 703. The third kappa shape index (κ3) is 4.00. The number of hydrogen-bond donors (Lipinski definition) is 1. The SMILES string of the molecule is COc1cc(C)ccc1OCC(=O)Nc1ccc(C#N)cc1. The van der Waals surface area contributed by atoms with Crippen LogP contribution < -0.4 is 14.8 Å². The van der Waals surface area contributed by atoms with Gasteiger partial charge in [-0.3, -0.25) is 4.79 Å². The van der Waals surface area contributed by atoms with E-state index >= 15 is 0 Å². The summed E-state index contributed by atoms with van der Waals surface area (Å²) < 4.78 is 10.7. The maximum atomic E-state index is 11.9. The van der Waals surface area contributed by atoms with E-state index in [-0.39, 0.29) is 12.5 Å². The van der Waals surface area contributed by atoms with Crippen molar-refractivity contribution in [3.8, 4) is 17.6 Å². The number of nitriles is 1. The molecule has 0 fully saturated rings. The van der Waals surface area contributed by atoms with Crippen molar-refractivity contribution in [1.82, 2.24) is 0 Å². The molecule has 0 aliphatic heterocycles. The van der Waals surface area contributed by atoms with Crippen molar-refractivity contribution in [2.45, 2.75) is 6.92 Å². The second kappa shape index (κ2) is 7.14. The zero-order chi connectivity index (χ0) is 15.9. The van der Waals surface area contributed by atoms with Gasteiger partial charge in [-0.05, 0) is 48.9 Å². The van der Waals surface area contributed by atoms with E-state index in [0.717, 1.165) is 5.56 Å². The summed E-state index contributed by atoms with van der Waals surface area (Å²) in [5, 5.41) is 11.4. The molecule has 0 radical (unpaired) electrons. The molecule has 1 N–H and O–H groups in total. The molecule has 0 unspecified atom stereocenters. The zero-order valence-electron chi connectivity index (χ0n) is 12.4. The van der Waals surface area contributed by atoms with E-state index in [2.05, 4.69) is 5.32 Å². The lowest BCUT2D eigenvalue weighted by atomic mass is 10.2. The van der Waals surface area contributed by atoms with Gasteiger partial charge < -0.3 is 14.8 Å². The van der Waals surface area contributed by atoms with Crippen LogP contribution in [0, 0.1) is 18.3 Å². The first-order valence-corrected chi connectivity index (χ1v) is 6.70. The van der Waals surface area contributed by atoms with Gasteiger partial charge in [-0.2, -0.15) is 5.26 Å². The summed E-state index contributed by atoms with van der Waals surface area (Å²) >= 11 is 0. The number of hydrogen-bond acceptors (Lipinski definition) is 4. The second-order valence-corrected chi connectivity index (χ2v) is 4.68. The van der Waals surface area contributed by atoms with Gasteiger partial charge in [0.05, 0.1) is 18.7 Å². The Labute approximate surface area is 129 Å².